The highest BCUT2D eigenvalue weighted by molar-refractivity contribution is 7.99. The monoisotopic (exact) mass is 412 g/mol. The summed E-state index contributed by atoms with van der Waals surface area (Å²) >= 11 is 1.37. The molecule has 0 aliphatic rings. The van der Waals surface area contributed by atoms with Crippen molar-refractivity contribution in [1.82, 2.24) is 20.1 Å². The Morgan fingerprint density at radius 1 is 1.07 bits per heavy atom. The van der Waals surface area contributed by atoms with Crippen LogP contribution in [0.5, 0.6) is 11.5 Å². The number of nitrogens with one attached hydrogen (secondary N) is 1. The second-order valence-electron chi connectivity index (χ2n) is 6.17. The molecule has 0 aliphatic heterocycles. The van der Waals surface area contributed by atoms with E-state index in [9.17, 15) is 4.79 Å². The highest BCUT2D eigenvalue weighted by Crippen LogP contribution is 2.32. The predicted octanol–water partition coefficient (Wildman–Crippen LogP) is 3.39. The lowest BCUT2D eigenvalue weighted by atomic mass is 10.2. The summed E-state index contributed by atoms with van der Waals surface area (Å²) in [6.45, 7) is 3.22. The molecule has 0 radical (unpaired) electrons. The van der Waals surface area contributed by atoms with Crippen LogP contribution in [0.4, 0.5) is 0 Å². The largest absolute Gasteiger partial charge is 0.493 e. The third-order valence-corrected chi connectivity index (χ3v) is 5.31. The summed E-state index contributed by atoms with van der Waals surface area (Å²) in [5.74, 6) is 2.24. The first-order valence-corrected chi connectivity index (χ1v) is 10.2. The lowest BCUT2D eigenvalue weighted by molar-refractivity contribution is -0.118. The number of amides is 1. The summed E-state index contributed by atoms with van der Waals surface area (Å²) in [7, 11) is 3.20. The summed E-state index contributed by atoms with van der Waals surface area (Å²) in [4.78, 5) is 12.2. The molecule has 0 aliphatic carbocycles. The van der Waals surface area contributed by atoms with Crippen molar-refractivity contribution in [3.8, 4) is 22.9 Å². The Labute approximate surface area is 174 Å². The first-order chi connectivity index (χ1) is 14.2. The van der Waals surface area contributed by atoms with Gasteiger partial charge in [0, 0.05) is 18.7 Å². The van der Waals surface area contributed by atoms with Gasteiger partial charge in [-0.05, 0) is 30.7 Å². The minimum absolute atomic E-state index is 0.0443. The average molecular weight is 413 g/mol. The number of methoxy groups -OCH3 is 2. The lowest BCUT2D eigenvalue weighted by Gasteiger charge is -2.11. The van der Waals surface area contributed by atoms with E-state index < -0.39 is 0 Å². The molecule has 2 aromatic carbocycles. The topological polar surface area (TPSA) is 78.3 Å². The maximum Gasteiger partial charge on any atom is 0.230 e. The summed E-state index contributed by atoms with van der Waals surface area (Å²) in [6, 6.07) is 15.5. The molecule has 3 rings (SSSR count). The van der Waals surface area contributed by atoms with E-state index >= 15 is 0 Å². The van der Waals surface area contributed by atoms with Gasteiger partial charge < -0.3 is 19.4 Å². The molecule has 0 bridgehead atoms. The maximum absolute atomic E-state index is 12.2. The van der Waals surface area contributed by atoms with Crippen molar-refractivity contribution in [2.24, 2.45) is 0 Å². The van der Waals surface area contributed by atoms with E-state index in [-0.39, 0.29) is 11.7 Å². The number of ether oxygens (including phenoxy) is 2. The van der Waals surface area contributed by atoms with Gasteiger partial charge in [-0.15, -0.1) is 10.2 Å². The number of carbonyl (C=O) groups excluding carboxylic acids is 1. The van der Waals surface area contributed by atoms with Crippen LogP contribution in [-0.4, -0.2) is 40.6 Å². The van der Waals surface area contributed by atoms with Gasteiger partial charge in [0.2, 0.25) is 5.91 Å². The fourth-order valence-electron chi connectivity index (χ4n) is 2.85. The van der Waals surface area contributed by atoms with E-state index in [1.165, 1.54) is 11.8 Å². The molecule has 1 amide bonds. The Morgan fingerprint density at radius 3 is 2.52 bits per heavy atom. The fraction of sp³-hybridized carbons (Fsp3) is 0.286. The molecule has 0 saturated carbocycles. The molecule has 0 unspecified atom stereocenters. The van der Waals surface area contributed by atoms with Crippen LogP contribution >= 0.6 is 11.8 Å². The van der Waals surface area contributed by atoms with E-state index in [1.54, 1.807) is 14.2 Å². The fourth-order valence-corrected chi connectivity index (χ4v) is 3.68. The third kappa shape index (κ3) is 5.08. The van der Waals surface area contributed by atoms with Gasteiger partial charge in [0.15, 0.2) is 22.5 Å². The average Bonchev–Trinajstić information content (AvgIpc) is 3.19. The number of rotatable bonds is 9. The predicted molar refractivity (Wildman–Crippen MR) is 113 cm³/mol. The molecule has 0 spiro atoms. The van der Waals surface area contributed by atoms with E-state index in [0.717, 1.165) is 17.0 Å². The van der Waals surface area contributed by atoms with Gasteiger partial charge in [-0.3, -0.25) is 4.79 Å². The highest BCUT2D eigenvalue weighted by atomic mass is 32.2. The van der Waals surface area contributed by atoms with E-state index in [2.05, 4.69) is 15.5 Å². The van der Waals surface area contributed by atoms with Crippen LogP contribution in [0.15, 0.2) is 53.7 Å². The van der Waals surface area contributed by atoms with E-state index in [1.807, 2.05) is 60.0 Å². The summed E-state index contributed by atoms with van der Waals surface area (Å²) in [5, 5.41) is 12.2. The number of hydrogen-bond donors (Lipinski definition) is 1. The van der Waals surface area contributed by atoms with Crippen LogP contribution < -0.4 is 14.8 Å². The van der Waals surface area contributed by atoms with Gasteiger partial charge >= 0.3 is 0 Å². The number of benzene rings is 2. The standard InChI is InChI=1S/C21H24N4O3S/c1-4-25-20(16-10-11-17(27-2)18(12-16)28-3)23-24-21(25)29-14-19(26)22-13-15-8-6-5-7-9-15/h5-12H,4,13-14H2,1-3H3,(H,22,26). The number of aromatic nitrogens is 3. The summed E-state index contributed by atoms with van der Waals surface area (Å²) in [6.07, 6.45) is 0. The Morgan fingerprint density at radius 2 is 1.83 bits per heavy atom. The van der Waals surface area contributed by atoms with Gasteiger partial charge in [-0.1, -0.05) is 42.1 Å². The zero-order chi connectivity index (χ0) is 20.6. The first-order valence-electron chi connectivity index (χ1n) is 9.25. The van der Waals surface area contributed by atoms with Gasteiger partial charge in [0.25, 0.3) is 0 Å². The zero-order valence-electron chi connectivity index (χ0n) is 16.7. The van der Waals surface area contributed by atoms with E-state index in [0.29, 0.717) is 29.7 Å². The number of hydrogen-bond acceptors (Lipinski definition) is 6. The van der Waals surface area contributed by atoms with Crippen LogP contribution in [-0.2, 0) is 17.9 Å². The molecule has 1 heterocycles. The van der Waals surface area contributed by atoms with Crippen molar-refractivity contribution in [3.05, 3.63) is 54.1 Å². The minimum Gasteiger partial charge on any atom is -0.493 e. The Hall–Kier alpha value is -3.00. The number of nitrogens with zero attached hydrogens (tertiary/aromatic N) is 3. The minimum atomic E-state index is -0.0443. The highest BCUT2D eigenvalue weighted by Gasteiger charge is 2.16. The van der Waals surface area contributed by atoms with Crippen molar-refractivity contribution < 1.29 is 14.3 Å². The van der Waals surface area contributed by atoms with Crippen LogP contribution in [0, 0.1) is 0 Å². The third-order valence-electron chi connectivity index (χ3n) is 4.34. The Bertz CT molecular complexity index is 960. The van der Waals surface area contributed by atoms with Crippen molar-refractivity contribution in [1.29, 1.82) is 0 Å². The van der Waals surface area contributed by atoms with Crippen LogP contribution in [0.2, 0.25) is 0 Å². The molecule has 0 fully saturated rings. The van der Waals surface area contributed by atoms with Crippen molar-refractivity contribution in [2.75, 3.05) is 20.0 Å². The molecular formula is C21H24N4O3S. The summed E-state index contributed by atoms with van der Waals surface area (Å²) in [5.41, 5.74) is 1.94. The summed E-state index contributed by atoms with van der Waals surface area (Å²) < 4.78 is 12.7. The Balaban J connectivity index is 1.67. The quantitative estimate of drug-likeness (QED) is 0.543. The van der Waals surface area contributed by atoms with Crippen LogP contribution in [0.3, 0.4) is 0 Å². The molecule has 0 atom stereocenters. The lowest BCUT2D eigenvalue weighted by Crippen LogP contribution is -2.24. The van der Waals surface area contributed by atoms with Gasteiger partial charge in [-0.2, -0.15) is 0 Å². The zero-order valence-corrected chi connectivity index (χ0v) is 17.5. The van der Waals surface area contributed by atoms with Crippen LogP contribution in [0.25, 0.3) is 11.4 Å². The SMILES string of the molecule is CCn1c(SCC(=O)NCc2ccccc2)nnc1-c1ccc(OC)c(OC)c1. The second-order valence-corrected chi connectivity index (χ2v) is 7.11. The molecule has 7 nitrogen and oxygen atoms in total. The number of carbonyl (C=O) groups is 1. The van der Waals surface area contributed by atoms with Gasteiger partial charge in [0.05, 0.1) is 20.0 Å². The molecule has 29 heavy (non-hydrogen) atoms. The maximum atomic E-state index is 12.2. The molecule has 0 saturated heterocycles. The van der Waals surface area contributed by atoms with Crippen LogP contribution in [0.1, 0.15) is 12.5 Å². The van der Waals surface area contributed by atoms with Gasteiger partial charge in [-0.25, -0.2) is 0 Å². The molecule has 1 N–H and O–H groups in total. The smallest absolute Gasteiger partial charge is 0.230 e. The second kappa shape index (κ2) is 9.97. The van der Waals surface area contributed by atoms with Crippen molar-refractivity contribution in [3.63, 3.8) is 0 Å². The number of thioether (sulfide) groups is 1. The molecule has 1 aromatic heterocycles. The van der Waals surface area contributed by atoms with Crippen molar-refractivity contribution >= 4 is 17.7 Å². The molecule has 3 aromatic rings. The molecule has 8 heteroatoms. The first kappa shape index (κ1) is 20.7. The van der Waals surface area contributed by atoms with Crippen molar-refractivity contribution in [2.45, 2.75) is 25.2 Å². The molecule has 152 valence electrons. The van der Waals surface area contributed by atoms with Gasteiger partial charge in [0.1, 0.15) is 0 Å². The normalized spacial score (nSPS) is 10.6. The Kier molecular flexibility index (Phi) is 7.13. The van der Waals surface area contributed by atoms with E-state index in [4.69, 9.17) is 9.47 Å². The molecular weight excluding hydrogens is 388 g/mol.